The van der Waals surface area contributed by atoms with Crippen LogP contribution in [0.2, 0.25) is 0 Å². The minimum absolute atomic E-state index is 0.0424. The molecule has 304 valence electrons. The summed E-state index contributed by atoms with van der Waals surface area (Å²) in [6.07, 6.45) is 38.1. The van der Waals surface area contributed by atoms with E-state index in [0.717, 1.165) is 57.8 Å². The van der Waals surface area contributed by atoms with Gasteiger partial charge in [0.15, 0.2) is 6.10 Å². The summed E-state index contributed by atoms with van der Waals surface area (Å²) in [6, 6.07) is -0.721. The van der Waals surface area contributed by atoms with Crippen LogP contribution in [-0.4, -0.2) is 75.5 Å². The maximum absolute atomic E-state index is 12.6. The van der Waals surface area contributed by atoms with E-state index in [1.807, 2.05) is 0 Å². The molecule has 52 heavy (non-hydrogen) atoms. The van der Waals surface area contributed by atoms with Crippen LogP contribution in [0.25, 0.3) is 0 Å². The summed E-state index contributed by atoms with van der Waals surface area (Å²) >= 11 is 0. The lowest BCUT2D eigenvalue weighted by atomic mass is 10.0. The van der Waals surface area contributed by atoms with Gasteiger partial charge in [-0.05, 0) is 44.9 Å². The SMILES string of the molecule is CCCCCCC/C=C\C/C=C\CCCCCCCCCCCCCC(=O)OC(COCCC(C(=O)[O-])[N+](C)(C)C)COC(=O)CCCCCCC. The zero-order chi connectivity index (χ0) is 38.5. The number of nitrogens with zero attached hydrogens (tertiary/aromatic N) is 1. The number of likely N-dealkylation sites (N-methyl/N-ethyl adjacent to an activating group) is 1. The van der Waals surface area contributed by atoms with Gasteiger partial charge in [-0.3, -0.25) is 9.59 Å². The fourth-order valence-electron chi connectivity index (χ4n) is 6.22. The van der Waals surface area contributed by atoms with Crippen molar-refractivity contribution in [1.29, 1.82) is 0 Å². The van der Waals surface area contributed by atoms with Crippen LogP contribution in [-0.2, 0) is 28.6 Å². The number of carbonyl (C=O) groups is 3. The molecule has 0 aliphatic heterocycles. The average molecular weight is 736 g/mol. The number of carbonyl (C=O) groups excluding carboxylic acids is 3. The largest absolute Gasteiger partial charge is 0.544 e. The molecule has 0 aromatic carbocycles. The summed E-state index contributed by atoms with van der Waals surface area (Å²) in [4.78, 5) is 36.5. The number of quaternary nitrogens is 1. The van der Waals surface area contributed by atoms with Crippen molar-refractivity contribution in [3.63, 3.8) is 0 Å². The van der Waals surface area contributed by atoms with Crippen LogP contribution < -0.4 is 5.11 Å². The molecular formula is C44H81NO7. The van der Waals surface area contributed by atoms with E-state index >= 15 is 0 Å². The number of allylic oxidation sites excluding steroid dienone is 4. The Labute approximate surface area is 320 Å². The van der Waals surface area contributed by atoms with Crippen molar-refractivity contribution in [3.05, 3.63) is 24.3 Å². The molecule has 0 amide bonds. The van der Waals surface area contributed by atoms with Gasteiger partial charge in [-0.25, -0.2) is 0 Å². The molecular weight excluding hydrogens is 654 g/mol. The van der Waals surface area contributed by atoms with Gasteiger partial charge in [0, 0.05) is 19.3 Å². The first-order chi connectivity index (χ1) is 25.1. The lowest BCUT2D eigenvalue weighted by Crippen LogP contribution is -2.55. The van der Waals surface area contributed by atoms with Gasteiger partial charge in [-0.2, -0.15) is 0 Å². The summed E-state index contributed by atoms with van der Waals surface area (Å²) in [6.45, 7) is 4.57. The molecule has 0 saturated carbocycles. The molecule has 0 radical (unpaired) electrons. The van der Waals surface area contributed by atoms with Gasteiger partial charge >= 0.3 is 11.9 Å². The normalized spacial score (nSPS) is 13.2. The molecule has 0 aromatic rings. The van der Waals surface area contributed by atoms with Gasteiger partial charge in [-0.15, -0.1) is 0 Å². The monoisotopic (exact) mass is 736 g/mol. The average Bonchev–Trinajstić information content (AvgIpc) is 3.09. The highest BCUT2D eigenvalue weighted by molar-refractivity contribution is 5.70. The van der Waals surface area contributed by atoms with E-state index in [0.29, 0.717) is 12.8 Å². The van der Waals surface area contributed by atoms with Crippen molar-refractivity contribution < 1.29 is 38.2 Å². The fraction of sp³-hybridized carbons (Fsp3) is 0.841. The van der Waals surface area contributed by atoms with Gasteiger partial charge in [0.25, 0.3) is 0 Å². The van der Waals surface area contributed by atoms with Gasteiger partial charge in [-0.1, -0.05) is 147 Å². The Bertz CT molecular complexity index is 911. The molecule has 0 aliphatic carbocycles. The van der Waals surface area contributed by atoms with Crippen LogP contribution in [0.15, 0.2) is 24.3 Å². The number of unbranched alkanes of at least 4 members (excludes halogenated alkanes) is 20. The number of carboxylic acids is 1. The van der Waals surface area contributed by atoms with E-state index in [1.54, 1.807) is 21.1 Å². The van der Waals surface area contributed by atoms with Gasteiger partial charge in [0.05, 0.1) is 40.3 Å². The van der Waals surface area contributed by atoms with E-state index in [1.165, 1.54) is 96.3 Å². The van der Waals surface area contributed by atoms with Crippen molar-refractivity contribution in [2.45, 2.75) is 199 Å². The number of rotatable bonds is 38. The minimum Gasteiger partial charge on any atom is -0.544 e. The number of carboxylic acid groups (broad SMARTS) is 1. The van der Waals surface area contributed by atoms with Gasteiger partial charge < -0.3 is 28.6 Å². The highest BCUT2D eigenvalue weighted by Gasteiger charge is 2.25. The van der Waals surface area contributed by atoms with E-state index in [2.05, 4.69) is 38.2 Å². The van der Waals surface area contributed by atoms with Crippen molar-refractivity contribution in [3.8, 4) is 0 Å². The Kier molecular flexibility index (Phi) is 34.3. The highest BCUT2D eigenvalue weighted by Crippen LogP contribution is 2.14. The van der Waals surface area contributed by atoms with Crippen molar-refractivity contribution >= 4 is 17.9 Å². The fourth-order valence-corrected chi connectivity index (χ4v) is 6.22. The molecule has 0 aliphatic rings. The molecule has 0 N–H and O–H groups in total. The molecule has 0 aromatic heterocycles. The molecule has 0 fully saturated rings. The van der Waals surface area contributed by atoms with Crippen molar-refractivity contribution in [2.75, 3.05) is 41.0 Å². The smallest absolute Gasteiger partial charge is 0.306 e. The molecule has 0 rings (SSSR count). The Balaban J connectivity index is 4.09. The van der Waals surface area contributed by atoms with E-state index < -0.39 is 18.1 Å². The lowest BCUT2D eigenvalue weighted by molar-refractivity contribution is -0.889. The third kappa shape index (κ3) is 33.6. The van der Waals surface area contributed by atoms with Crippen LogP contribution in [0, 0.1) is 0 Å². The van der Waals surface area contributed by atoms with E-state index in [-0.39, 0.29) is 42.7 Å². The summed E-state index contributed by atoms with van der Waals surface area (Å²) < 4.78 is 17.0. The third-order valence-electron chi connectivity index (χ3n) is 9.59. The highest BCUT2D eigenvalue weighted by atomic mass is 16.6. The third-order valence-corrected chi connectivity index (χ3v) is 9.59. The molecule has 2 atom stereocenters. The first kappa shape index (κ1) is 49.8. The molecule has 0 saturated heterocycles. The number of hydrogen-bond acceptors (Lipinski definition) is 7. The minimum atomic E-state index is -1.13. The van der Waals surface area contributed by atoms with Crippen molar-refractivity contribution in [1.82, 2.24) is 0 Å². The summed E-state index contributed by atoms with van der Waals surface area (Å²) in [5.41, 5.74) is 0. The second-order valence-electron chi connectivity index (χ2n) is 15.6. The standard InChI is InChI=1S/C44H81NO7/c1-6-8-10-12-13-14-15-16-17-18-19-20-21-22-23-24-25-26-27-28-29-31-33-35-43(47)52-40(39-51-42(46)34-32-30-11-9-7-2)38-50-37-36-41(44(48)49)45(3,4)5/h15-16,18-19,40-41H,6-14,17,20-39H2,1-5H3/b16-15-,19-18-. The molecule has 2 unspecified atom stereocenters. The summed E-state index contributed by atoms with van der Waals surface area (Å²) in [7, 11) is 5.39. The number of hydrogen-bond donors (Lipinski definition) is 0. The quantitative estimate of drug-likeness (QED) is 0.0269. The molecule has 8 heteroatoms. The molecule has 0 spiro atoms. The van der Waals surface area contributed by atoms with Crippen molar-refractivity contribution in [2.24, 2.45) is 0 Å². The zero-order valence-electron chi connectivity index (χ0n) is 34.5. The molecule has 8 nitrogen and oxygen atoms in total. The molecule has 0 heterocycles. The summed E-state index contributed by atoms with van der Waals surface area (Å²) in [5.74, 6) is -1.75. The number of aliphatic carboxylic acids is 1. The second kappa shape index (κ2) is 35.8. The lowest BCUT2D eigenvalue weighted by Gasteiger charge is -2.34. The maximum Gasteiger partial charge on any atom is 0.306 e. The van der Waals surface area contributed by atoms with Crippen LogP contribution in [0.5, 0.6) is 0 Å². The Hall–Kier alpha value is -2.19. The van der Waals surface area contributed by atoms with Crippen LogP contribution in [0.4, 0.5) is 0 Å². The topological polar surface area (TPSA) is 102 Å². The Morgan fingerprint density at radius 3 is 1.48 bits per heavy atom. The Morgan fingerprint density at radius 1 is 0.577 bits per heavy atom. The van der Waals surface area contributed by atoms with E-state index in [9.17, 15) is 19.5 Å². The predicted molar refractivity (Wildman–Crippen MR) is 213 cm³/mol. The Morgan fingerprint density at radius 2 is 1.02 bits per heavy atom. The van der Waals surface area contributed by atoms with Crippen LogP contribution >= 0.6 is 0 Å². The van der Waals surface area contributed by atoms with Crippen LogP contribution in [0.3, 0.4) is 0 Å². The number of ether oxygens (including phenoxy) is 3. The number of esters is 2. The first-order valence-corrected chi connectivity index (χ1v) is 21.4. The maximum atomic E-state index is 12.6. The summed E-state index contributed by atoms with van der Waals surface area (Å²) in [5, 5.41) is 11.6. The first-order valence-electron chi connectivity index (χ1n) is 21.4. The molecule has 0 bridgehead atoms. The van der Waals surface area contributed by atoms with Crippen LogP contribution in [0.1, 0.15) is 187 Å². The second-order valence-corrected chi connectivity index (χ2v) is 15.6. The predicted octanol–water partition coefficient (Wildman–Crippen LogP) is 9.97. The van der Waals surface area contributed by atoms with Gasteiger partial charge in [0.2, 0.25) is 0 Å². The zero-order valence-corrected chi connectivity index (χ0v) is 34.5. The van der Waals surface area contributed by atoms with Gasteiger partial charge in [0.1, 0.15) is 12.6 Å². The van der Waals surface area contributed by atoms with E-state index in [4.69, 9.17) is 14.2 Å².